The predicted molar refractivity (Wildman–Crippen MR) is 74.4 cm³/mol. The van der Waals surface area contributed by atoms with E-state index in [0.29, 0.717) is 11.1 Å². The monoisotopic (exact) mass is 262 g/mol. The van der Waals surface area contributed by atoms with Crippen LogP contribution in [0, 0.1) is 20.8 Å². The summed E-state index contributed by atoms with van der Waals surface area (Å²) in [5.74, 6) is 0.205. The van der Waals surface area contributed by atoms with Gasteiger partial charge in [0, 0.05) is 11.1 Å². The summed E-state index contributed by atoms with van der Waals surface area (Å²) in [4.78, 5) is 0. The summed E-state index contributed by atoms with van der Waals surface area (Å²) in [7, 11) is 0. The van der Waals surface area contributed by atoms with Gasteiger partial charge in [0.1, 0.15) is 11.5 Å². The predicted octanol–water partition coefficient (Wildman–Crippen LogP) is 4.34. The molecule has 0 fully saturated rings. The van der Waals surface area contributed by atoms with Gasteiger partial charge in [-0.3, -0.25) is 0 Å². The largest absolute Gasteiger partial charge is 0.507 e. The van der Waals surface area contributed by atoms with E-state index in [1.165, 1.54) is 0 Å². The van der Waals surface area contributed by atoms with E-state index in [2.05, 4.69) is 0 Å². The molecular weight excluding hydrogens is 248 g/mol. The van der Waals surface area contributed by atoms with Gasteiger partial charge < -0.3 is 10.2 Å². The maximum Gasteiger partial charge on any atom is 0.142 e. The zero-order chi connectivity index (χ0) is 13.4. The maximum absolute atomic E-state index is 10.2. The van der Waals surface area contributed by atoms with Crippen LogP contribution >= 0.6 is 11.6 Å². The maximum atomic E-state index is 10.2. The fourth-order valence-corrected chi connectivity index (χ4v) is 2.25. The lowest BCUT2D eigenvalue weighted by Crippen LogP contribution is -1.91. The lowest BCUT2D eigenvalue weighted by molar-refractivity contribution is 0.466. The number of halogens is 1. The lowest BCUT2D eigenvalue weighted by Gasteiger charge is -2.15. The fourth-order valence-electron chi connectivity index (χ4n) is 2.09. The molecule has 94 valence electrons. The summed E-state index contributed by atoms with van der Waals surface area (Å²) >= 11 is 5.95. The molecular formula is C15H15ClO2. The molecule has 0 aliphatic carbocycles. The molecule has 18 heavy (non-hydrogen) atoms. The smallest absolute Gasteiger partial charge is 0.142 e. The molecule has 0 unspecified atom stereocenters. The van der Waals surface area contributed by atoms with Gasteiger partial charge in [-0.2, -0.15) is 0 Å². The van der Waals surface area contributed by atoms with Crippen molar-refractivity contribution in [1.29, 1.82) is 0 Å². The van der Waals surface area contributed by atoms with Crippen LogP contribution in [0.4, 0.5) is 0 Å². The zero-order valence-electron chi connectivity index (χ0n) is 10.6. The van der Waals surface area contributed by atoms with Gasteiger partial charge in [-0.1, -0.05) is 29.8 Å². The minimum Gasteiger partial charge on any atom is -0.507 e. The highest BCUT2D eigenvalue weighted by Crippen LogP contribution is 2.44. The third kappa shape index (κ3) is 1.93. The Morgan fingerprint density at radius 2 is 1.17 bits per heavy atom. The number of benzene rings is 2. The van der Waals surface area contributed by atoms with Crippen molar-refractivity contribution in [3.8, 4) is 22.6 Å². The van der Waals surface area contributed by atoms with E-state index < -0.39 is 0 Å². The first kappa shape index (κ1) is 12.8. The molecule has 3 heteroatoms. The number of aryl methyl sites for hydroxylation is 3. The molecule has 0 aliphatic heterocycles. The topological polar surface area (TPSA) is 40.5 Å². The van der Waals surface area contributed by atoms with E-state index in [0.717, 1.165) is 16.7 Å². The van der Waals surface area contributed by atoms with Gasteiger partial charge in [0.2, 0.25) is 0 Å². The second kappa shape index (κ2) is 4.54. The van der Waals surface area contributed by atoms with Crippen LogP contribution in [0.1, 0.15) is 16.7 Å². The Kier molecular flexibility index (Phi) is 3.22. The van der Waals surface area contributed by atoms with E-state index >= 15 is 0 Å². The van der Waals surface area contributed by atoms with Crippen LogP contribution in [0.5, 0.6) is 11.5 Å². The van der Waals surface area contributed by atoms with Crippen molar-refractivity contribution in [2.45, 2.75) is 20.8 Å². The summed E-state index contributed by atoms with van der Waals surface area (Å²) < 4.78 is 0. The van der Waals surface area contributed by atoms with Gasteiger partial charge in [0.15, 0.2) is 0 Å². The minimum atomic E-state index is 0.0145. The van der Waals surface area contributed by atoms with E-state index in [-0.39, 0.29) is 16.5 Å². The first-order valence-electron chi connectivity index (χ1n) is 5.71. The Hall–Kier alpha value is -1.67. The van der Waals surface area contributed by atoms with E-state index in [1.807, 2.05) is 39.0 Å². The molecule has 0 aliphatic rings. The van der Waals surface area contributed by atoms with Crippen molar-refractivity contribution in [2.24, 2.45) is 0 Å². The fraction of sp³-hybridized carbons (Fsp3) is 0.200. The highest BCUT2D eigenvalue weighted by molar-refractivity contribution is 6.32. The van der Waals surface area contributed by atoms with E-state index in [9.17, 15) is 10.2 Å². The highest BCUT2D eigenvalue weighted by atomic mass is 35.5. The van der Waals surface area contributed by atoms with Crippen LogP contribution in [-0.2, 0) is 0 Å². The normalized spacial score (nSPS) is 10.7. The van der Waals surface area contributed by atoms with E-state index in [1.54, 1.807) is 6.07 Å². The molecule has 0 amide bonds. The summed E-state index contributed by atoms with van der Waals surface area (Å²) in [5, 5.41) is 20.6. The Morgan fingerprint density at radius 3 is 1.78 bits per heavy atom. The van der Waals surface area contributed by atoms with Gasteiger partial charge in [0.25, 0.3) is 0 Å². The SMILES string of the molecule is Cc1ccc(C)c(-c2c(C)ccc(Cl)c2O)c1O. The third-order valence-electron chi connectivity index (χ3n) is 3.18. The molecule has 0 aromatic heterocycles. The molecule has 0 bridgehead atoms. The van der Waals surface area contributed by atoms with Crippen molar-refractivity contribution in [2.75, 3.05) is 0 Å². The second-order valence-corrected chi connectivity index (χ2v) is 4.92. The Labute approximate surface area is 111 Å². The number of hydrogen-bond donors (Lipinski definition) is 2. The van der Waals surface area contributed by atoms with Gasteiger partial charge in [-0.25, -0.2) is 0 Å². The molecule has 2 aromatic rings. The van der Waals surface area contributed by atoms with Crippen LogP contribution in [0.15, 0.2) is 24.3 Å². The first-order chi connectivity index (χ1) is 8.43. The molecule has 0 saturated heterocycles. The summed E-state index contributed by atoms with van der Waals surface area (Å²) in [6.07, 6.45) is 0. The van der Waals surface area contributed by atoms with E-state index in [4.69, 9.17) is 11.6 Å². The van der Waals surface area contributed by atoms with Crippen molar-refractivity contribution in [1.82, 2.24) is 0 Å². The van der Waals surface area contributed by atoms with Crippen LogP contribution < -0.4 is 0 Å². The standard InChI is InChI=1S/C15H15ClO2/c1-8-4-5-10(3)14(17)12(8)13-9(2)6-7-11(16)15(13)18/h4-7,17-18H,1-3H3. The molecule has 0 spiro atoms. The van der Waals surface area contributed by atoms with Gasteiger partial charge >= 0.3 is 0 Å². The Morgan fingerprint density at radius 1 is 0.722 bits per heavy atom. The van der Waals surface area contributed by atoms with Crippen LogP contribution in [0.25, 0.3) is 11.1 Å². The molecule has 2 nitrogen and oxygen atoms in total. The molecule has 0 saturated carbocycles. The minimum absolute atomic E-state index is 0.0145. The number of aromatic hydroxyl groups is 2. The Bertz CT molecular complexity index is 563. The highest BCUT2D eigenvalue weighted by Gasteiger charge is 2.17. The molecule has 0 radical (unpaired) electrons. The molecule has 0 heterocycles. The number of hydrogen-bond acceptors (Lipinski definition) is 2. The average Bonchev–Trinajstić information content (AvgIpc) is 2.33. The molecule has 2 aromatic carbocycles. The lowest BCUT2D eigenvalue weighted by atomic mass is 9.93. The van der Waals surface area contributed by atoms with Gasteiger partial charge in [0.05, 0.1) is 5.02 Å². The number of phenols is 2. The summed E-state index contributed by atoms with van der Waals surface area (Å²) in [6, 6.07) is 7.26. The van der Waals surface area contributed by atoms with Gasteiger partial charge in [-0.05, 0) is 43.5 Å². The van der Waals surface area contributed by atoms with Crippen molar-refractivity contribution >= 4 is 11.6 Å². The molecule has 2 rings (SSSR count). The average molecular weight is 263 g/mol. The van der Waals surface area contributed by atoms with Crippen LogP contribution in [0.2, 0.25) is 5.02 Å². The quantitative estimate of drug-likeness (QED) is 0.802. The first-order valence-corrected chi connectivity index (χ1v) is 6.09. The second-order valence-electron chi connectivity index (χ2n) is 4.51. The summed E-state index contributed by atoms with van der Waals surface area (Å²) in [6.45, 7) is 5.61. The zero-order valence-corrected chi connectivity index (χ0v) is 11.3. The van der Waals surface area contributed by atoms with Crippen molar-refractivity contribution < 1.29 is 10.2 Å². The third-order valence-corrected chi connectivity index (χ3v) is 3.48. The summed E-state index contributed by atoms with van der Waals surface area (Å²) in [5.41, 5.74) is 3.79. The Balaban J connectivity index is 2.85. The molecule has 2 N–H and O–H groups in total. The van der Waals surface area contributed by atoms with Crippen LogP contribution in [-0.4, -0.2) is 10.2 Å². The van der Waals surface area contributed by atoms with Crippen molar-refractivity contribution in [3.63, 3.8) is 0 Å². The van der Waals surface area contributed by atoms with Gasteiger partial charge in [-0.15, -0.1) is 0 Å². The number of rotatable bonds is 1. The number of phenolic OH excluding ortho intramolecular Hbond substituents is 2. The van der Waals surface area contributed by atoms with Crippen LogP contribution in [0.3, 0.4) is 0 Å². The van der Waals surface area contributed by atoms with Crippen molar-refractivity contribution in [3.05, 3.63) is 46.0 Å². The molecule has 0 atom stereocenters.